The van der Waals surface area contributed by atoms with Crippen molar-refractivity contribution >= 4 is 16.9 Å². The molecule has 3 heterocycles. The van der Waals surface area contributed by atoms with Gasteiger partial charge in [-0.05, 0) is 35.9 Å². The van der Waals surface area contributed by atoms with Gasteiger partial charge in [0.25, 0.3) is 0 Å². The molecule has 0 saturated heterocycles. The van der Waals surface area contributed by atoms with Crippen molar-refractivity contribution in [2.75, 3.05) is 19.5 Å². The van der Waals surface area contributed by atoms with Crippen LogP contribution < -0.4 is 14.8 Å². The van der Waals surface area contributed by atoms with E-state index in [9.17, 15) is 0 Å². The highest BCUT2D eigenvalue weighted by atomic mass is 16.5. The first-order valence-electron chi connectivity index (χ1n) is 8.62. The molecule has 0 amide bonds. The van der Waals surface area contributed by atoms with Gasteiger partial charge < -0.3 is 19.8 Å². The molecule has 2 N–H and O–H groups in total. The highest BCUT2D eigenvalue weighted by molar-refractivity contribution is 5.96. The number of anilines is 1. The Bertz CT molecular complexity index is 1060. The molecule has 0 bridgehead atoms. The number of hydrogen-bond acceptors (Lipinski definition) is 5. The third-order valence-electron chi connectivity index (χ3n) is 4.42. The molecule has 136 valence electrons. The van der Waals surface area contributed by atoms with E-state index in [1.807, 2.05) is 54.9 Å². The lowest BCUT2D eigenvalue weighted by molar-refractivity contribution is 0.395. The predicted octanol–water partition coefficient (Wildman–Crippen LogP) is 4.25. The zero-order valence-corrected chi connectivity index (χ0v) is 15.2. The van der Waals surface area contributed by atoms with Crippen molar-refractivity contribution in [1.82, 2.24) is 15.0 Å². The normalized spacial score (nSPS) is 10.7. The van der Waals surface area contributed by atoms with Crippen LogP contribution in [0.5, 0.6) is 11.5 Å². The van der Waals surface area contributed by atoms with Gasteiger partial charge in [-0.3, -0.25) is 4.98 Å². The SMILES string of the molecule is COc1ccc(-c2cc(NCc3cccnc3)nc3[nH]ccc23)c(OC)c1. The molecule has 0 radical (unpaired) electrons. The summed E-state index contributed by atoms with van der Waals surface area (Å²) in [6.45, 7) is 0.645. The highest BCUT2D eigenvalue weighted by Crippen LogP contribution is 2.37. The van der Waals surface area contributed by atoms with Crippen molar-refractivity contribution in [3.63, 3.8) is 0 Å². The summed E-state index contributed by atoms with van der Waals surface area (Å²) >= 11 is 0. The van der Waals surface area contributed by atoms with Gasteiger partial charge in [-0.15, -0.1) is 0 Å². The Morgan fingerprint density at radius 2 is 1.96 bits per heavy atom. The number of ether oxygens (including phenoxy) is 2. The lowest BCUT2D eigenvalue weighted by Crippen LogP contribution is -2.02. The molecule has 27 heavy (non-hydrogen) atoms. The van der Waals surface area contributed by atoms with Gasteiger partial charge in [0.05, 0.1) is 14.2 Å². The molecule has 0 spiro atoms. The molecule has 6 heteroatoms. The van der Waals surface area contributed by atoms with E-state index >= 15 is 0 Å². The summed E-state index contributed by atoms with van der Waals surface area (Å²) in [7, 11) is 3.31. The van der Waals surface area contributed by atoms with Crippen LogP contribution in [0.25, 0.3) is 22.2 Å². The van der Waals surface area contributed by atoms with Crippen molar-refractivity contribution in [3.8, 4) is 22.6 Å². The van der Waals surface area contributed by atoms with Crippen LogP contribution in [0.1, 0.15) is 5.56 Å². The third-order valence-corrected chi connectivity index (χ3v) is 4.42. The number of rotatable bonds is 6. The Hall–Kier alpha value is -3.54. The maximum atomic E-state index is 5.60. The fourth-order valence-electron chi connectivity index (χ4n) is 3.07. The van der Waals surface area contributed by atoms with E-state index in [0.717, 1.165) is 45.0 Å². The second-order valence-electron chi connectivity index (χ2n) is 6.08. The standard InChI is InChI=1S/C21H20N4O2/c1-26-15-5-6-16(19(10-15)27-2)18-11-20(25-21-17(18)7-9-23-21)24-13-14-4-3-8-22-12-14/h3-12H,13H2,1-2H3,(H2,23,24,25). The summed E-state index contributed by atoms with van der Waals surface area (Å²) in [4.78, 5) is 12.0. The average molecular weight is 360 g/mol. The van der Waals surface area contributed by atoms with Gasteiger partial charge in [0, 0.05) is 47.7 Å². The third kappa shape index (κ3) is 3.42. The van der Waals surface area contributed by atoms with Gasteiger partial charge in [-0.1, -0.05) is 6.07 Å². The van der Waals surface area contributed by atoms with Gasteiger partial charge in [-0.2, -0.15) is 0 Å². The van der Waals surface area contributed by atoms with Crippen molar-refractivity contribution in [3.05, 3.63) is 66.6 Å². The van der Waals surface area contributed by atoms with E-state index in [-0.39, 0.29) is 0 Å². The quantitative estimate of drug-likeness (QED) is 0.538. The van der Waals surface area contributed by atoms with Crippen molar-refractivity contribution in [1.29, 1.82) is 0 Å². The molecule has 1 aromatic carbocycles. The van der Waals surface area contributed by atoms with E-state index in [2.05, 4.69) is 20.3 Å². The number of aromatic amines is 1. The number of nitrogens with zero attached hydrogens (tertiary/aromatic N) is 2. The number of methoxy groups -OCH3 is 2. The van der Waals surface area contributed by atoms with Gasteiger partial charge in [-0.25, -0.2) is 4.98 Å². The second kappa shape index (κ2) is 7.37. The molecule has 0 saturated carbocycles. The summed E-state index contributed by atoms with van der Waals surface area (Å²) in [5.74, 6) is 2.29. The Kier molecular flexibility index (Phi) is 4.61. The average Bonchev–Trinajstić information content (AvgIpc) is 3.20. The molecule has 0 fully saturated rings. The van der Waals surface area contributed by atoms with Crippen molar-refractivity contribution < 1.29 is 9.47 Å². The maximum Gasteiger partial charge on any atom is 0.140 e. The number of nitrogens with one attached hydrogen (secondary N) is 2. The van der Waals surface area contributed by atoms with E-state index in [4.69, 9.17) is 9.47 Å². The Labute approximate surface area is 157 Å². The fourth-order valence-corrected chi connectivity index (χ4v) is 3.07. The van der Waals surface area contributed by atoms with Gasteiger partial charge in [0.2, 0.25) is 0 Å². The summed E-state index contributed by atoms with van der Waals surface area (Å²) in [5.41, 5.74) is 3.93. The van der Waals surface area contributed by atoms with Crippen LogP contribution in [0.15, 0.2) is 61.1 Å². The molecule has 0 atom stereocenters. The number of pyridine rings is 2. The molecule has 0 aliphatic rings. The molecule has 6 nitrogen and oxygen atoms in total. The maximum absolute atomic E-state index is 5.60. The Morgan fingerprint density at radius 1 is 1.04 bits per heavy atom. The largest absolute Gasteiger partial charge is 0.497 e. The Balaban J connectivity index is 1.75. The predicted molar refractivity (Wildman–Crippen MR) is 106 cm³/mol. The van der Waals surface area contributed by atoms with Gasteiger partial charge in [0.15, 0.2) is 0 Å². The zero-order valence-electron chi connectivity index (χ0n) is 15.2. The topological polar surface area (TPSA) is 72.1 Å². The molecular weight excluding hydrogens is 340 g/mol. The molecule has 4 rings (SSSR count). The van der Waals surface area contributed by atoms with Crippen LogP contribution in [0.3, 0.4) is 0 Å². The number of fused-ring (bicyclic) bond motifs is 1. The van der Waals surface area contributed by atoms with Crippen LogP contribution in [0.2, 0.25) is 0 Å². The summed E-state index contributed by atoms with van der Waals surface area (Å²) in [5, 5.41) is 4.41. The van der Waals surface area contributed by atoms with Crippen LogP contribution in [0, 0.1) is 0 Å². The first-order chi connectivity index (χ1) is 13.3. The van der Waals surface area contributed by atoms with Crippen LogP contribution in [-0.4, -0.2) is 29.2 Å². The minimum absolute atomic E-state index is 0.645. The molecule has 4 aromatic rings. The Morgan fingerprint density at radius 3 is 2.74 bits per heavy atom. The minimum atomic E-state index is 0.645. The summed E-state index contributed by atoms with van der Waals surface area (Å²) < 4.78 is 10.9. The van der Waals surface area contributed by atoms with Gasteiger partial charge >= 0.3 is 0 Å². The lowest BCUT2D eigenvalue weighted by atomic mass is 10.0. The minimum Gasteiger partial charge on any atom is -0.497 e. The van der Waals surface area contributed by atoms with Gasteiger partial charge in [0.1, 0.15) is 23.0 Å². The number of aromatic nitrogens is 3. The van der Waals surface area contributed by atoms with E-state index in [1.54, 1.807) is 20.4 Å². The van der Waals surface area contributed by atoms with E-state index < -0.39 is 0 Å². The fraction of sp³-hybridized carbons (Fsp3) is 0.143. The zero-order chi connectivity index (χ0) is 18.6. The molecule has 0 aliphatic carbocycles. The van der Waals surface area contributed by atoms with Crippen molar-refractivity contribution in [2.45, 2.75) is 6.54 Å². The molecule has 0 unspecified atom stereocenters. The van der Waals surface area contributed by atoms with Crippen LogP contribution in [-0.2, 0) is 6.54 Å². The van der Waals surface area contributed by atoms with E-state index in [0.29, 0.717) is 6.54 Å². The monoisotopic (exact) mass is 360 g/mol. The van der Waals surface area contributed by atoms with Crippen molar-refractivity contribution in [2.24, 2.45) is 0 Å². The lowest BCUT2D eigenvalue weighted by Gasteiger charge is -2.13. The molecule has 3 aromatic heterocycles. The molecular formula is C21H20N4O2. The van der Waals surface area contributed by atoms with Crippen LogP contribution >= 0.6 is 0 Å². The van der Waals surface area contributed by atoms with E-state index in [1.165, 1.54) is 0 Å². The second-order valence-corrected chi connectivity index (χ2v) is 6.08. The number of hydrogen-bond donors (Lipinski definition) is 2. The smallest absolute Gasteiger partial charge is 0.140 e. The highest BCUT2D eigenvalue weighted by Gasteiger charge is 2.14. The molecule has 0 aliphatic heterocycles. The summed E-state index contributed by atoms with van der Waals surface area (Å²) in [6.07, 6.45) is 5.50. The first-order valence-corrected chi connectivity index (χ1v) is 8.62. The first kappa shape index (κ1) is 16.9. The number of H-pyrrole nitrogens is 1. The summed E-state index contributed by atoms with van der Waals surface area (Å²) in [6, 6.07) is 13.8. The number of benzene rings is 1. The van der Waals surface area contributed by atoms with Crippen LogP contribution in [0.4, 0.5) is 5.82 Å².